The molecular weight excluding hydrogens is 498 g/mol. The van der Waals surface area contributed by atoms with E-state index in [9.17, 15) is 18.0 Å². The lowest BCUT2D eigenvalue weighted by Crippen LogP contribution is -2.52. The fourth-order valence-corrected chi connectivity index (χ4v) is 4.83. The zero-order valence-electron chi connectivity index (χ0n) is 21.8. The molecule has 198 valence electrons. The molecule has 0 radical (unpaired) electrons. The van der Waals surface area contributed by atoms with Crippen molar-refractivity contribution in [2.75, 3.05) is 23.7 Å². The Balaban J connectivity index is 2.39. The van der Waals surface area contributed by atoms with Gasteiger partial charge in [-0.3, -0.25) is 13.9 Å². The predicted octanol–water partition coefficient (Wildman–Crippen LogP) is 4.95. The highest BCUT2D eigenvalue weighted by Crippen LogP contribution is 2.23. The van der Waals surface area contributed by atoms with E-state index in [0.717, 1.165) is 34.5 Å². The van der Waals surface area contributed by atoms with Crippen LogP contribution < -0.4 is 9.62 Å². The predicted molar refractivity (Wildman–Crippen MR) is 147 cm³/mol. The number of nitrogens with one attached hydrogen (secondary N) is 1. The summed E-state index contributed by atoms with van der Waals surface area (Å²) in [5.74, 6) is -0.417. The van der Waals surface area contributed by atoms with Crippen molar-refractivity contribution < 1.29 is 18.0 Å². The second-order valence-electron chi connectivity index (χ2n) is 9.23. The second-order valence-corrected chi connectivity index (χ2v) is 11.6. The minimum Gasteiger partial charge on any atom is -0.354 e. The van der Waals surface area contributed by atoms with E-state index in [1.54, 1.807) is 36.4 Å². The van der Waals surface area contributed by atoms with Crippen LogP contribution in [0.15, 0.2) is 48.5 Å². The lowest BCUT2D eigenvalue weighted by atomic mass is 10.0. The highest BCUT2D eigenvalue weighted by atomic mass is 35.5. The third-order valence-corrected chi connectivity index (χ3v) is 7.40. The van der Waals surface area contributed by atoms with Crippen LogP contribution in [0.5, 0.6) is 0 Å². The summed E-state index contributed by atoms with van der Waals surface area (Å²) in [6.45, 7) is 8.24. The van der Waals surface area contributed by atoms with Crippen molar-refractivity contribution in [3.05, 3.63) is 64.7 Å². The van der Waals surface area contributed by atoms with Gasteiger partial charge in [0.1, 0.15) is 12.6 Å². The normalized spacial score (nSPS) is 12.3. The van der Waals surface area contributed by atoms with E-state index in [0.29, 0.717) is 29.6 Å². The number of carbonyl (C=O) groups excluding carboxylic acids is 2. The molecule has 9 heteroatoms. The Bertz CT molecular complexity index is 1100. The number of carbonyl (C=O) groups is 2. The number of hydrogen-bond donors (Lipinski definition) is 1. The van der Waals surface area contributed by atoms with Gasteiger partial charge in [0.15, 0.2) is 0 Å². The summed E-state index contributed by atoms with van der Waals surface area (Å²) in [6, 6.07) is 13.4. The molecule has 7 nitrogen and oxygen atoms in total. The van der Waals surface area contributed by atoms with E-state index >= 15 is 0 Å². The first-order valence-corrected chi connectivity index (χ1v) is 14.6. The van der Waals surface area contributed by atoms with Crippen molar-refractivity contribution in [1.82, 2.24) is 10.2 Å². The maximum atomic E-state index is 13.7. The van der Waals surface area contributed by atoms with Gasteiger partial charge >= 0.3 is 0 Å². The molecule has 0 aliphatic carbocycles. The molecule has 2 amide bonds. The number of anilines is 1. The van der Waals surface area contributed by atoms with Crippen LogP contribution in [0.25, 0.3) is 0 Å². The van der Waals surface area contributed by atoms with Crippen molar-refractivity contribution in [3.63, 3.8) is 0 Å². The Morgan fingerprint density at radius 1 is 1.00 bits per heavy atom. The van der Waals surface area contributed by atoms with Crippen LogP contribution in [0.2, 0.25) is 5.02 Å². The SMILES string of the molecule is CCCCNC(=O)C(CC)N(Cc1ccc(Cl)cc1)C(=O)CN(c1ccc(C(C)C)cc1)S(C)(=O)=O. The Morgan fingerprint density at radius 3 is 2.11 bits per heavy atom. The van der Waals surface area contributed by atoms with Crippen molar-refractivity contribution in [2.45, 2.75) is 65.5 Å². The third kappa shape index (κ3) is 8.52. The average molecular weight is 536 g/mol. The molecule has 2 aromatic carbocycles. The average Bonchev–Trinajstić information content (AvgIpc) is 2.83. The van der Waals surface area contributed by atoms with Crippen LogP contribution in [0.4, 0.5) is 5.69 Å². The van der Waals surface area contributed by atoms with Gasteiger partial charge in [-0.1, -0.05) is 70.0 Å². The van der Waals surface area contributed by atoms with Crippen molar-refractivity contribution in [2.24, 2.45) is 0 Å². The standard InChI is InChI=1S/C27H38ClN3O4S/c1-6-8-17-29-27(33)25(7-2)30(18-21-9-13-23(28)14-10-21)26(32)19-31(36(5,34)35)24-15-11-22(12-16-24)20(3)4/h9-16,20,25H,6-8,17-19H2,1-5H3,(H,29,33). The third-order valence-electron chi connectivity index (χ3n) is 6.01. The molecule has 0 aliphatic heterocycles. The van der Waals surface area contributed by atoms with E-state index in [1.807, 2.05) is 26.0 Å². The molecule has 1 unspecified atom stereocenters. The summed E-state index contributed by atoms with van der Waals surface area (Å²) in [4.78, 5) is 28.2. The fourth-order valence-electron chi connectivity index (χ4n) is 3.85. The Morgan fingerprint density at radius 2 is 1.61 bits per heavy atom. The monoisotopic (exact) mass is 535 g/mol. The largest absolute Gasteiger partial charge is 0.354 e. The van der Waals surface area contributed by atoms with Crippen LogP contribution in [0.1, 0.15) is 64.0 Å². The van der Waals surface area contributed by atoms with E-state index in [4.69, 9.17) is 11.6 Å². The second kappa shape index (κ2) is 13.7. The molecule has 0 fully saturated rings. The summed E-state index contributed by atoms with van der Waals surface area (Å²) in [6.07, 6.45) is 3.24. The van der Waals surface area contributed by atoms with E-state index in [1.165, 1.54) is 4.90 Å². The van der Waals surface area contributed by atoms with Crippen molar-refractivity contribution in [3.8, 4) is 0 Å². The van der Waals surface area contributed by atoms with E-state index < -0.39 is 28.5 Å². The quantitative estimate of drug-likeness (QED) is 0.367. The number of halogens is 1. The van der Waals surface area contributed by atoms with Crippen molar-refractivity contribution in [1.29, 1.82) is 0 Å². The van der Waals surface area contributed by atoms with Gasteiger partial charge in [0, 0.05) is 18.1 Å². The minimum absolute atomic E-state index is 0.152. The van der Waals surface area contributed by atoms with E-state index in [2.05, 4.69) is 19.2 Å². The molecule has 2 rings (SSSR count). The Labute approximate surface area is 220 Å². The maximum absolute atomic E-state index is 13.7. The minimum atomic E-state index is -3.76. The van der Waals surface area contributed by atoms with Crippen LogP contribution >= 0.6 is 11.6 Å². The first-order chi connectivity index (χ1) is 17.0. The summed E-state index contributed by atoms with van der Waals surface area (Å²) in [5, 5.41) is 3.48. The molecule has 0 aliphatic rings. The number of sulfonamides is 1. The van der Waals surface area contributed by atoms with Crippen LogP contribution in [0.3, 0.4) is 0 Å². The number of nitrogens with zero attached hydrogens (tertiary/aromatic N) is 2. The molecule has 0 saturated carbocycles. The molecule has 1 N–H and O–H groups in total. The van der Waals surface area contributed by atoms with Crippen LogP contribution in [0, 0.1) is 0 Å². The zero-order chi connectivity index (χ0) is 26.9. The smallest absolute Gasteiger partial charge is 0.244 e. The summed E-state index contributed by atoms with van der Waals surface area (Å²) in [7, 11) is -3.76. The lowest BCUT2D eigenvalue weighted by molar-refractivity contribution is -0.140. The number of hydrogen-bond acceptors (Lipinski definition) is 4. The topological polar surface area (TPSA) is 86.8 Å². The maximum Gasteiger partial charge on any atom is 0.244 e. The van der Waals surface area contributed by atoms with Gasteiger partial charge in [0.25, 0.3) is 0 Å². The number of unbranched alkanes of at least 4 members (excludes halogenated alkanes) is 1. The van der Waals surface area contributed by atoms with Crippen molar-refractivity contribution >= 4 is 39.1 Å². The molecule has 2 aromatic rings. The molecule has 0 spiro atoms. The number of rotatable bonds is 13. The van der Waals surface area contributed by atoms with E-state index in [-0.39, 0.29) is 12.5 Å². The molecule has 0 heterocycles. The molecule has 0 aromatic heterocycles. The molecule has 0 bridgehead atoms. The summed E-state index contributed by atoms with van der Waals surface area (Å²) in [5.41, 5.74) is 2.26. The number of benzene rings is 2. The number of amides is 2. The zero-order valence-corrected chi connectivity index (χ0v) is 23.4. The highest BCUT2D eigenvalue weighted by molar-refractivity contribution is 7.92. The summed E-state index contributed by atoms with van der Waals surface area (Å²) >= 11 is 6.02. The fraction of sp³-hybridized carbons (Fsp3) is 0.481. The first-order valence-electron chi connectivity index (χ1n) is 12.4. The molecule has 36 heavy (non-hydrogen) atoms. The lowest BCUT2D eigenvalue weighted by Gasteiger charge is -2.33. The van der Waals surface area contributed by atoms with Crippen LogP contribution in [-0.4, -0.2) is 50.5 Å². The molecular formula is C27H38ClN3O4S. The van der Waals surface area contributed by atoms with Gasteiger partial charge in [-0.05, 0) is 54.2 Å². The Hall–Kier alpha value is -2.58. The van der Waals surface area contributed by atoms with Gasteiger partial charge in [0.05, 0.1) is 11.9 Å². The summed E-state index contributed by atoms with van der Waals surface area (Å²) < 4.78 is 26.5. The van der Waals surface area contributed by atoms with Gasteiger partial charge in [-0.15, -0.1) is 0 Å². The van der Waals surface area contributed by atoms with Gasteiger partial charge in [0.2, 0.25) is 21.8 Å². The van der Waals surface area contributed by atoms with Crippen LogP contribution in [-0.2, 0) is 26.2 Å². The Kier molecular flexibility index (Phi) is 11.2. The highest BCUT2D eigenvalue weighted by Gasteiger charge is 2.31. The van der Waals surface area contributed by atoms with Gasteiger partial charge in [-0.2, -0.15) is 0 Å². The van der Waals surface area contributed by atoms with Gasteiger partial charge < -0.3 is 10.2 Å². The molecule has 1 atom stereocenters. The first kappa shape index (κ1) is 29.6. The van der Waals surface area contributed by atoms with Gasteiger partial charge in [-0.25, -0.2) is 8.42 Å². The molecule has 0 saturated heterocycles.